The molecule has 1 unspecified atom stereocenters. The highest BCUT2D eigenvalue weighted by Crippen LogP contribution is 2.42. The third-order valence-electron chi connectivity index (χ3n) is 4.74. The molecule has 0 saturated heterocycles. The molecule has 0 fully saturated rings. The summed E-state index contributed by atoms with van der Waals surface area (Å²) in [5.74, 6) is -0.0509. The summed E-state index contributed by atoms with van der Waals surface area (Å²) in [6, 6.07) is 13.5. The van der Waals surface area contributed by atoms with Crippen molar-refractivity contribution >= 4 is 17.4 Å². The minimum absolute atomic E-state index is 0.111. The van der Waals surface area contributed by atoms with Crippen molar-refractivity contribution in [1.82, 2.24) is 0 Å². The summed E-state index contributed by atoms with van der Waals surface area (Å²) in [6.45, 7) is 6.52. The van der Waals surface area contributed by atoms with Gasteiger partial charge in [0.05, 0.1) is 24.8 Å². The first-order valence-electron chi connectivity index (χ1n) is 9.77. The zero-order chi connectivity index (χ0) is 21.0. The second-order valence-electron chi connectivity index (χ2n) is 6.55. The number of aliphatic hydroxyl groups is 1. The van der Waals surface area contributed by atoms with Gasteiger partial charge in [0.1, 0.15) is 11.5 Å². The highest BCUT2D eigenvalue weighted by molar-refractivity contribution is 6.16. The molecule has 2 aromatic carbocycles. The lowest BCUT2D eigenvalue weighted by atomic mass is 9.94. The molecule has 1 N–H and O–H groups in total. The first-order valence-corrected chi connectivity index (χ1v) is 9.77. The average molecular weight is 395 g/mol. The Bertz CT molecular complexity index is 933. The molecular formula is C23H25NO5. The zero-order valence-corrected chi connectivity index (χ0v) is 16.8. The molecular weight excluding hydrogens is 370 g/mol. The summed E-state index contributed by atoms with van der Waals surface area (Å²) in [4.78, 5) is 27.0. The van der Waals surface area contributed by atoms with Crippen molar-refractivity contribution in [1.29, 1.82) is 0 Å². The molecule has 2 aromatic rings. The van der Waals surface area contributed by atoms with Gasteiger partial charge in [0.15, 0.2) is 11.5 Å². The largest absolute Gasteiger partial charge is 0.503 e. The van der Waals surface area contributed by atoms with Gasteiger partial charge in [-0.3, -0.25) is 14.5 Å². The Labute approximate surface area is 170 Å². The molecule has 0 aliphatic carbocycles. The maximum absolute atomic E-state index is 12.9. The number of aliphatic hydroxyl groups excluding tert-OH is 1. The van der Waals surface area contributed by atoms with Crippen LogP contribution in [0.3, 0.4) is 0 Å². The first kappa shape index (κ1) is 20.5. The number of benzene rings is 2. The van der Waals surface area contributed by atoms with Crippen molar-refractivity contribution in [2.45, 2.75) is 33.2 Å². The Kier molecular flexibility index (Phi) is 6.22. The summed E-state index contributed by atoms with van der Waals surface area (Å²) in [7, 11) is 0. The van der Waals surface area contributed by atoms with Crippen LogP contribution in [0, 0.1) is 0 Å². The second kappa shape index (κ2) is 8.82. The van der Waals surface area contributed by atoms with Gasteiger partial charge in [0.25, 0.3) is 5.91 Å². The lowest BCUT2D eigenvalue weighted by Gasteiger charge is -2.27. The standard InChI is InChI=1S/C23H25NO5/c1-4-19(25)20-21(15-8-7-9-18(14-15)29-6-3)24(23(27)22(20)26)16-10-12-17(13-11-16)28-5-2/h7-14,21,26H,4-6H2,1-3H3. The van der Waals surface area contributed by atoms with Gasteiger partial charge in [0.2, 0.25) is 0 Å². The van der Waals surface area contributed by atoms with E-state index in [1.165, 1.54) is 4.90 Å². The maximum atomic E-state index is 12.9. The average Bonchev–Trinajstić information content (AvgIpc) is 3.00. The van der Waals surface area contributed by atoms with Crippen LogP contribution in [0.25, 0.3) is 0 Å². The minimum atomic E-state index is -0.728. The molecule has 1 amide bonds. The number of carbonyl (C=O) groups excluding carboxylic acids is 2. The normalized spacial score (nSPS) is 16.3. The monoisotopic (exact) mass is 395 g/mol. The van der Waals surface area contributed by atoms with Gasteiger partial charge in [0, 0.05) is 12.1 Å². The molecule has 0 bridgehead atoms. The molecule has 1 aliphatic heterocycles. The molecule has 0 aromatic heterocycles. The lowest BCUT2D eigenvalue weighted by molar-refractivity contribution is -0.118. The Balaban J connectivity index is 2.10. The van der Waals surface area contributed by atoms with Crippen LogP contribution < -0.4 is 14.4 Å². The van der Waals surface area contributed by atoms with Gasteiger partial charge < -0.3 is 14.6 Å². The number of ketones is 1. The summed E-state index contributed by atoms with van der Waals surface area (Å²) < 4.78 is 11.1. The van der Waals surface area contributed by atoms with E-state index in [-0.39, 0.29) is 17.8 Å². The van der Waals surface area contributed by atoms with Crippen molar-refractivity contribution in [3.63, 3.8) is 0 Å². The number of hydrogen-bond donors (Lipinski definition) is 1. The summed E-state index contributed by atoms with van der Waals surface area (Å²) in [5, 5.41) is 10.5. The van der Waals surface area contributed by atoms with E-state index in [4.69, 9.17) is 9.47 Å². The number of rotatable bonds is 8. The predicted molar refractivity (Wildman–Crippen MR) is 110 cm³/mol. The van der Waals surface area contributed by atoms with Crippen LogP contribution in [-0.4, -0.2) is 30.0 Å². The van der Waals surface area contributed by atoms with E-state index in [1.807, 2.05) is 32.0 Å². The summed E-state index contributed by atoms with van der Waals surface area (Å²) >= 11 is 0. The van der Waals surface area contributed by atoms with Gasteiger partial charge in [-0.2, -0.15) is 0 Å². The predicted octanol–water partition coefficient (Wildman–Crippen LogP) is 4.36. The number of anilines is 1. The van der Waals surface area contributed by atoms with Gasteiger partial charge in [-0.05, 0) is 55.8 Å². The van der Waals surface area contributed by atoms with Gasteiger partial charge in [-0.15, -0.1) is 0 Å². The molecule has 152 valence electrons. The fraction of sp³-hybridized carbons (Fsp3) is 0.304. The van der Waals surface area contributed by atoms with Crippen molar-refractivity contribution < 1.29 is 24.2 Å². The Morgan fingerprint density at radius 2 is 1.66 bits per heavy atom. The van der Waals surface area contributed by atoms with E-state index >= 15 is 0 Å². The van der Waals surface area contributed by atoms with Crippen LogP contribution in [-0.2, 0) is 9.59 Å². The van der Waals surface area contributed by atoms with Crippen LogP contribution in [0.5, 0.6) is 11.5 Å². The number of Topliss-reactive ketones (excluding diaryl/α,β-unsaturated/α-hetero) is 1. The lowest BCUT2D eigenvalue weighted by Crippen LogP contribution is -2.31. The number of nitrogens with zero attached hydrogens (tertiary/aromatic N) is 1. The van der Waals surface area contributed by atoms with Crippen molar-refractivity contribution in [2.24, 2.45) is 0 Å². The quantitative estimate of drug-likeness (QED) is 0.719. The number of hydrogen-bond acceptors (Lipinski definition) is 5. The molecule has 1 heterocycles. The molecule has 0 spiro atoms. The molecule has 6 heteroatoms. The second-order valence-corrected chi connectivity index (χ2v) is 6.55. The molecule has 0 radical (unpaired) electrons. The van der Waals surface area contributed by atoms with Crippen LogP contribution in [0.2, 0.25) is 0 Å². The summed E-state index contributed by atoms with van der Waals surface area (Å²) in [6.07, 6.45) is 0.186. The highest BCUT2D eigenvalue weighted by atomic mass is 16.5. The number of amides is 1. The fourth-order valence-corrected chi connectivity index (χ4v) is 3.47. The molecule has 0 saturated carbocycles. The van der Waals surface area contributed by atoms with Crippen LogP contribution in [0.15, 0.2) is 59.9 Å². The molecule has 3 rings (SSSR count). The third-order valence-corrected chi connectivity index (χ3v) is 4.74. The number of ether oxygens (including phenoxy) is 2. The van der Waals surface area contributed by atoms with E-state index < -0.39 is 17.7 Å². The zero-order valence-electron chi connectivity index (χ0n) is 16.8. The first-order chi connectivity index (χ1) is 14.0. The minimum Gasteiger partial charge on any atom is -0.503 e. The third kappa shape index (κ3) is 3.97. The van der Waals surface area contributed by atoms with Gasteiger partial charge >= 0.3 is 0 Å². The SMILES string of the molecule is CCOc1ccc(N2C(=O)C(O)=C(C(=O)CC)C2c2cccc(OCC)c2)cc1. The van der Waals surface area contributed by atoms with E-state index in [0.717, 1.165) is 0 Å². The van der Waals surface area contributed by atoms with Gasteiger partial charge in [-0.1, -0.05) is 19.1 Å². The Hall–Kier alpha value is -3.28. The van der Waals surface area contributed by atoms with E-state index in [9.17, 15) is 14.7 Å². The van der Waals surface area contributed by atoms with Crippen molar-refractivity contribution in [3.05, 3.63) is 65.4 Å². The molecule has 1 aliphatic rings. The molecule has 6 nitrogen and oxygen atoms in total. The van der Waals surface area contributed by atoms with Crippen molar-refractivity contribution in [3.8, 4) is 11.5 Å². The van der Waals surface area contributed by atoms with Crippen molar-refractivity contribution in [2.75, 3.05) is 18.1 Å². The number of carbonyl (C=O) groups is 2. The van der Waals surface area contributed by atoms with Crippen LogP contribution >= 0.6 is 0 Å². The smallest absolute Gasteiger partial charge is 0.294 e. The summed E-state index contributed by atoms with van der Waals surface area (Å²) in [5.41, 5.74) is 1.37. The highest BCUT2D eigenvalue weighted by Gasteiger charge is 2.43. The topological polar surface area (TPSA) is 76.1 Å². The Morgan fingerprint density at radius 1 is 1.00 bits per heavy atom. The van der Waals surface area contributed by atoms with Crippen LogP contribution in [0.1, 0.15) is 38.8 Å². The van der Waals surface area contributed by atoms with E-state index in [2.05, 4.69) is 0 Å². The molecule has 29 heavy (non-hydrogen) atoms. The molecule has 1 atom stereocenters. The van der Waals surface area contributed by atoms with Gasteiger partial charge in [-0.25, -0.2) is 0 Å². The van der Waals surface area contributed by atoms with E-state index in [1.54, 1.807) is 37.3 Å². The van der Waals surface area contributed by atoms with Crippen LogP contribution in [0.4, 0.5) is 5.69 Å². The van der Waals surface area contributed by atoms with E-state index in [0.29, 0.717) is 36.0 Å². The fourth-order valence-electron chi connectivity index (χ4n) is 3.47. The Morgan fingerprint density at radius 3 is 2.28 bits per heavy atom. The maximum Gasteiger partial charge on any atom is 0.294 e.